The van der Waals surface area contributed by atoms with Gasteiger partial charge in [-0.25, -0.2) is 4.98 Å². The van der Waals surface area contributed by atoms with Gasteiger partial charge in [-0.05, 0) is 56.4 Å². The van der Waals surface area contributed by atoms with Crippen molar-refractivity contribution in [3.05, 3.63) is 50.4 Å². The lowest BCUT2D eigenvalue weighted by molar-refractivity contribution is -0.121. The number of thiazole rings is 1. The lowest BCUT2D eigenvalue weighted by Gasteiger charge is -2.07. The number of thiophene rings is 1. The van der Waals surface area contributed by atoms with Crippen LogP contribution >= 0.6 is 22.7 Å². The predicted octanol–water partition coefficient (Wildman–Crippen LogP) is 4.44. The van der Waals surface area contributed by atoms with E-state index in [1.165, 1.54) is 47.5 Å². The average Bonchev–Trinajstić information content (AvgIpc) is 3.40. The van der Waals surface area contributed by atoms with E-state index in [1.807, 2.05) is 30.5 Å². The molecule has 0 saturated heterocycles. The van der Waals surface area contributed by atoms with Crippen LogP contribution < -0.4 is 10.9 Å². The first-order valence-corrected chi connectivity index (χ1v) is 11.5. The second-order valence-electron chi connectivity index (χ2n) is 7.21. The third-order valence-corrected chi connectivity index (χ3v) is 7.02. The Labute approximate surface area is 177 Å². The van der Waals surface area contributed by atoms with Gasteiger partial charge >= 0.3 is 0 Å². The highest BCUT2D eigenvalue weighted by Gasteiger charge is 2.17. The third kappa shape index (κ3) is 4.94. The van der Waals surface area contributed by atoms with Crippen LogP contribution in [-0.2, 0) is 24.1 Å². The zero-order valence-corrected chi connectivity index (χ0v) is 17.9. The summed E-state index contributed by atoms with van der Waals surface area (Å²) in [7, 11) is 0. The fourth-order valence-corrected chi connectivity index (χ4v) is 5.33. The Morgan fingerprint density at radius 1 is 1.14 bits per heavy atom. The van der Waals surface area contributed by atoms with Gasteiger partial charge in [-0.1, -0.05) is 12.8 Å². The normalized spacial score (nSPS) is 14.0. The van der Waals surface area contributed by atoms with Crippen molar-refractivity contribution < 1.29 is 14.0 Å². The summed E-state index contributed by atoms with van der Waals surface area (Å²) in [6, 6.07) is 5.72. The zero-order valence-electron chi connectivity index (χ0n) is 16.2. The van der Waals surface area contributed by atoms with Gasteiger partial charge < -0.3 is 4.42 Å². The minimum atomic E-state index is -0.305. The van der Waals surface area contributed by atoms with Crippen molar-refractivity contribution in [2.75, 3.05) is 0 Å². The van der Waals surface area contributed by atoms with Crippen molar-refractivity contribution in [3.8, 4) is 10.8 Å². The average molecular weight is 430 g/mol. The second-order valence-corrected chi connectivity index (χ2v) is 9.20. The summed E-state index contributed by atoms with van der Waals surface area (Å²) in [5, 5.41) is 2.56. The van der Waals surface area contributed by atoms with Crippen LogP contribution in [0.4, 0.5) is 0 Å². The van der Waals surface area contributed by atoms with Gasteiger partial charge in [0.1, 0.15) is 5.76 Å². The molecule has 0 bridgehead atoms. The largest absolute Gasteiger partial charge is 0.459 e. The molecule has 0 aliphatic heterocycles. The van der Waals surface area contributed by atoms with Crippen molar-refractivity contribution >= 4 is 34.5 Å². The highest BCUT2D eigenvalue weighted by Crippen LogP contribution is 2.28. The topological polar surface area (TPSA) is 84.2 Å². The van der Waals surface area contributed by atoms with Gasteiger partial charge in [0.25, 0.3) is 5.91 Å². The van der Waals surface area contributed by atoms with Gasteiger partial charge in [0, 0.05) is 10.3 Å². The minimum absolute atomic E-state index is 0.0947. The second kappa shape index (κ2) is 8.92. The predicted molar refractivity (Wildman–Crippen MR) is 114 cm³/mol. The van der Waals surface area contributed by atoms with Crippen LogP contribution in [0.25, 0.3) is 10.8 Å². The molecular weight excluding hydrogens is 406 g/mol. The summed E-state index contributed by atoms with van der Waals surface area (Å²) < 4.78 is 5.56. The van der Waals surface area contributed by atoms with E-state index >= 15 is 0 Å². The molecule has 2 N–H and O–H groups in total. The smallest absolute Gasteiger partial charge is 0.279 e. The molecule has 0 spiro atoms. The van der Waals surface area contributed by atoms with Crippen LogP contribution in [0.15, 0.2) is 28.0 Å². The number of carbonyl (C=O) groups is 2. The van der Waals surface area contributed by atoms with Gasteiger partial charge in [0.2, 0.25) is 5.91 Å². The lowest BCUT2D eigenvalue weighted by atomic mass is 10.00. The van der Waals surface area contributed by atoms with Crippen molar-refractivity contribution in [1.82, 2.24) is 15.8 Å². The highest BCUT2D eigenvalue weighted by molar-refractivity contribution is 7.14. The molecule has 2 amide bonds. The fraction of sp³-hybridized carbons (Fsp3) is 0.381. The van der Waals surface area contributed by atoms with Crippen LogP contribution in [-0.4, -0.2) is 16.8 Å². The summed E-state index contributed by atoms with van der Waals surface area (Å²) >= 11 is 2.97. The first kappa shape index (κ1) is 19.8. The van der Waals surface area contributed by atoms with E-state index in [2.05, 4.69) is 15.8 Å². The molecule has 0 radical (unpaired) electrons. The number of amides is 2. The number of furan rings is 1. The molecule has 3 aromatic heterocycles. The Balaban J connectivity index is 1.31. The van der Waals surface area contributed by atoms with Crippen molar-refractivity contribution in [3.63, 3.8) is 0 Å². The third-order valence-electron chi connectivity index (χ3n) is 4.88. The Bertz CT molecular complexity index is 993. The fourth-order valence-electron chi connectivity index (χ4n) is 3.40. The Morgan fingerprint density at radius 2 is 1.97 bits per heavy atom. The summed E-state index contributed by atoms with van der Waals surface area (Å²) in [5.74, 6) is 0.945. The van der Waals surface area contributed by atoms with Crippen molar-refractivity contribution in [2.24, 2.45) is 0 Å². The van der Waals surface area contributed by atoms with Gasteiger partial charge in [0.05, 0.1) is 17.0 Å². The maximum Gasteiger partial charge on any atom is 0.279 e. The number of hydrazine groups is 1. The van der Waals surface area contributed by atoms with E-state index in [4.69, 9.17) is 4.42 Å². The van der Waals surface area contributed by atoms with Gasteiger partial charge in [-0.2, -0.15) is 0 Å². The van der Waals surface area contributed by atoms with Gasteiger partial charge in [0.15, 0.2) is 10.8 Å². The molecule has 152 valence electrons. The number of fused-ring (bicyclic) bond motifs is 1. The van der Waals surface area contributed by atoms with E-state index in [-0.39, 0.29) is 18.2 Å². The quantitative estimate of drug-likeness (QED) is 0.601. The SMILES string of the molecule is Cc1ccc(-c2nc(CC(=O)NNC(=O)c3cc4c(s3)CCCCCC4)cs2)o1. The number of aryl methyl sites for hydroxylation is 3. The molecule has 0 fully saturated rings. The zero-order chi connectivity index (χ0) is 20.2. The van der Waals surface area contributed by atoms with Crippen LogP contribution in [0.3, 0.4) is 0 Å². The summed E-state index contributed by atoms with van der Waals surface area (Å²) in [5.41, 5.74) is 6.96. The maximum absolute atomic E-state index is 12.4. The molecule has 0 aromatic carbocycles. The molecule has 29 heavy (non-hydrogen) atoms. The molecule has 3 heterocycles. The van der Waals surface area contributed by atoms with Gasteiger partial charge in [-0.15, -0.1) is 22.7 Å². The monoisotopic (exact) mass is 429 g/mol. The number of aromatic nitrogens is 1. The number of hydrogen-bond acceptors (Lipinski definition) is 6. The molecule has 1 aliphatic carbocycles. The van der Waals surface area contributed by atoms with Crippen LogP contribution in [0.1, 0.15) is 57.2 Å². The maximum atomic E-state index is 12.4. The highest BCUT2D eigenvalue weighted by atomic mass is 32.1. The van der Waals surface area contributed by atoms with E-state index < -0.39 is 0 Å². The molecule has 8 heteroatoms. The lowest BCUT2D eigenvalue weighted by Crippen LogP contribution is -2.42. The van der Waals surface area contributed by atoms with E-state index in [9.17, 15) is 9.59 Å². The van der Waals surface area contributed by atoms with E-state index in [0.29, 0.717) is 16.3 Å². The molecule has 3 aromatic rings. The molecule has 1 aliphatic rings. The minimum Gasteiger partial charge on any atom is -0.459 e. The molecular formula is C21H23N3O3S2. The summed E-state index contributed by atoms with van der Waals surface area (Å²) in [6.07, 6.45) is 7.04. The van der Waals surface area contributed by atoms with Crippen LogP contribution in [0.5, 0.6) is 0 Å². The van der Waals surface area contributed by atoms with Gasteiger partial charge in [-0.3, -0.25) is 20.4 Å². The number of rotatable bonds is 4. The number of nitrogens with one attached hydrogen (secondary N) is 2. The number of hydrogen-bond donors (Lipinski definition) is 2. The van der Waals surface area contributed by atoms with E-state index in [0.717, 1.165) is 23.6 Å². The first-order valence-electron chi connectivity index (χ1n) is 9.80. The Kier molecular flexibility index (Phi) is 6.10. The number of nitrogens with zero attached hydrogens (tertiary/aromatic N) is 1. The van der Waals surface area contributed by atoms with Crippen molar-refractivity contribution in [2.45, 2.75) is 51.9 Å². The molecule has 0 atom stereocenters. The molecule has 0 unspecified atom stereocenters. The Morgan fingerprint density at radius 3 is 2.76 bits per heavy atom. The van der Waals surface area contributed by atoms with E-state index in [1.54, 1.807) is 11.3 Å². The first-order chi connectivity index (χ1) is 14.1. The molecule has 0 saturated carbocycles. The molecule has 6 nitrogen and oxygen atoms in total. The van der Waals surface area contributed by atoms with Crippen molar-refractivity contribution in [1.29, 1.82) is 0 Å². The molecule has 4 rings (SSSR count). The summed E-state index contributed by atoms with van der Waals surface area (Å²) in [4.78, 5) is 31.0. The van der Waals surface area contributed by atoms with Crippen LogP contribution in [0.2, 0.25) is 0 Å². The Hall–Kier alpha value is -2.45. The van der Waals surface area contributed by atoms with Crippen LogP contribution in [0, 0.1) is 6.92 Å². The standard InChI is InChI=1S/C21H23N3O3S2/c1-13-8-9-16(27-13)21-22-15(12-28-21)11-19(25)23-24-20(26)18-10-14-6-4-2-3-5-7-17(14)29-18/h8-10,12H,2-7,11H2,1H3,(H,23,25)(H,24,26). The summed E-state index contributed by atoms with van der Waals surface area (Å²) in [6.45, 7) is 1.88. The number of carbonyl (C=O) groups excluding carboxylic acids is 2.